The number of carbonyl (C=O) groups excluding carboxylic acids is 2. The largest absolute Gasteiger partial charge is 0.494 e. The van der Waals surface area contributed by atoms with Crippen LogP contribution in [0.2, 0.25) is 0 Å². The fourth-order valence-corrected chi connectivity index (χ4v) is 8.40. The number of methoxy groups -OCH3 is 1. The molecule has 2 N–H and O–H groups in total. The van der Waals surface area contributed by atoms with Gasteiger partial charge in [0.1, 0.15) is 23.0 Å². The number of pyridine rings is 1. The molecule has 2 aliphatic carbocycles. The van der Waals surface area contributed by atoms with Crippen molar-refractivity contribution in [1.82, 2.24) is 28.9 Å². The number of rotatable bonds is 8. The van der Waals surface area contributed by atoms with Crippen LogP contribution in [0, 0.1) is 29.1 Å². The molecule has 5 aromatic rings. The van der Waals surface area contributed by atoms with Gasteiger partial charge in [-0.2, -0.15) is 5.26 Å². The Morgan fingerprint density at radius 1 is 0.939 bits per heavy atom. The Morgan fingerprint density at radius 2 is 1.76 bits per heavy atom. The van der Waals surface area contributed by atoms with Crippen LogP contribution in [0.25, 0.3) is 33.5 Å². The van der Waals surface area contributed by atoms with Gasteiger partial charge in [-0.1, -0.05) is 18.2 Å². The lowest BCUT2D eigenvalue weighted by atomic mass is 9.98. The maximum atomic E-state index is 14.0. The smallest absolute Gasteiger partial charge is 0.254 e. The summed E-state index contributed by atoms with van der Waals surface area (Å²) >= 11 is 0. The Kier molecular flexibility index (Phi) is 6.98. The van der Waals surface area contributed by atoms with E-state index in [-0.39, 0.29) is 35.5 Å². The fraction of sp³-hybridized carbons (Fsp3) is 0.395. The molecule has 4 fully saturated rings. The molecule has 2 aliphatic heterocycles. The van der Waals surface area contributed by atoms with Crippen LogP contribution >= 0.6 is 0 Å². The van der Waals surface area contributed by atoms with Crippen molar-refractivity contribution < 1.29 is 14.3 Å². The number of nitriles is 1. The molecular weight excluding hydrogens is 616 g/mol. The number of likely N-dealkylation sites (tertiary alicyclic amines) is 2. The molecular formula is C38H38N8O3. The normalized spacial score (nSPS) is 21.8. The van der Waals surface area contributed by atoms with E-state index in [1.54, 1.807) is 19.2 Å². The third-order valence-corrected chi connectivity index (χ3v) is 11.2. The number of carbonyl (C=O) groups is 2. The quantitative estimate of drug-likeness (QED) is 0.257. The highest BCUT2D eigenvalue weighted by molar-refractivity contribution is 6.01. The topological polar surface area (TPSA) is 135 Å². The zero-order valence-corrected chi connectivity index (χ0v) is 27.5. The Morgan fingerprint density at radius 3 is 2.49 bits per heavy atom. The molecule has 4 aliphatic rings. The second-order valence-corrected chi connectivity index (χ2v) is 14.3. The molecule has 248 valence electrons. The maximum Gasteiger partial charge on any atom is 0.254 e. The highest BCUT2D eigenvalue weighted by atomic mass is 16.5. The predicted molar refractivity (Wildman–Crippen MR) is 184 cm³/mol. The minimum atomic E-state index is -0.105. The minimum Gasteiger partial charge on any atom is -0.494 e. The van der Waals surface area contributed by atoms with Gasteiger partial charge in [-0.15, -0.1) is 0 Å². The number of piperidine rings is 1. The van der Waals surface area contributed by atoms with Crippen molar-refractivity contribution in [3.05, 3.63) is 77.6 Å². The molecule has 3 aromatic heterocycles. The second kappa shape index (κ2) is 11.4. The van der Waals surface area contributed by atoms with Gasteiger partial charge in [0, 0.05) is 79.0 Å². The second-order valence-electron chi connectivity index (χ2n) is 14.3. The Labute approximate surface area is 283 Å². The summed E-state index contributed by atoms with van der Waals surface area (Å²) in [6.45, 7) is 3.38. The highest BCUT2D eigenvalue weighted by Gasteiger charge is 2.47. The number of benzene rings is 2. The number of hydrogen-bond donors (Lipinski definition) is 1. The van der Waals surface area contributed by atoms with Gasteiger partial charge < -0.3 is 29.4 Å². The van der Waals surface area contributed by atoms with Crippen molar-refractivity contribution in [3.63, 3.8) is 0 Å². The van der Waals surface area contributed by atoms with Gasteiger partial charge in [0.25, 0.3) is 11.8 Å². The Bertz CT molecular complexity index is 2190. The molecule has 2 saturated heterocycles. The summed E-state index contributed by atoms with van der Waals surface area (Å²) < 4.78 is 10.7. The van der Waals surface area contributed by atoms with E-state index in [9.17, 15) is 14.9 Å². The van der Waals surface area contributed by atoms with Crippen molar-refractivity contribution in [3.8, 4) is 23.3 Å². The fourth-order valence-electron chi connectivity index (χ4n) is 8.40. The van der Waals surface area contributed by atoms with Crippen LogP contribution in [0.5, 0.6) is 5.75 Å². The highest BCUT2D eigenvalue weighted by Crippen LogP contribution is 2.41. The van der Waals surface area contributed by atoms with Crippen molar-refractivity contribution in [1.29, 1.82) is 5.26 Å². The summed E-state index contributed by atoms with van der Waals surface area (Å²) in [6.07, 6.45) is 5.98. The van der Waals surface area contributed by atoms with Crippen LogP contribution in [0.15, 0.2) is 60.8 Å². The molecule has 2 aromatic carbocycles. The number of nitrogens with zero attached hydrogens (tertiary/aromatic N) is 7. The first-order chi connectivity index (χ1) is 23.9. The van der Waals surface area contributed by atoms with Crippen LogP contribution < -0.4 is 10.5 Å². The van der Waals surface area contributed by atoms with Gasteiger partial charge in [0.2, 0.25) is 0 Å². The van der Waals surface area contributed by atoms with E-state index >= 15 is 0 Å². The molecule has 11 heteroatoms. The van der Waals surface area contributed by atoms with Crippen molar-refractivity contribution in [2.45, 2.75) is 50.9 Å². The minimum absolute atomic E-state index is 0.0226. The van der Waals surface area contributed by atoms with E-state index < -0.39 is 0 Å². The summed E-state index contributed by atoms with van der Waals surface area (Å²) in [5.41, 5.74) is 11.5. The lowest BCUT2D eigenvalue weighted by Gasteiger charge is -2.39. The van der Waals surface area contributed by atoms with E-state index in [1.807, 2.05) is 28.0 Å². The number of imidazole rings is 1. The first-order valence-electron chi connectivity index (χ1n) is 17.3. The summed E-state index contributed by atoms with van der Waals surface area (Å²) in [7, 11) is 1.64. The van der Waals surface area contributed by atoms with Crippen molar-refractivity contribution in [2.75, 3.05) is 26.7 Å². The lowest BCUT2D eigenvalue weighted by molar-refractivity contribution is 0.0471. The van der Waals surface area contributed by atoms with Gasteiger partial charge in [-0.25, -0.2) is 9.97 Å². The monoisotopic (exact) mass is 654 g/mol. The Hall–Kier alpha value is -5.21. The number of aromatic nitrogens is 4. The average Bonchev–Trinajstić information content (AvgIpc) is 3.47. The zero-order valence-electron chi connectivity index (χ0n) is 27.5. The molecule has 5 heterocycles. The van der Waals surface area contributed by atoms with E-state index in [0.29, 0.717) is 60.4 Å². The maximum absolute atomic E-state index is 14.0. The third kappa shape index (κ3) is 4.96. The van der Waals surface area contributed by atoms with E-state index in [1.165, 1.54) is 24.6 Å². The molecule has 9 rings (SSSR count). The van der Waals surface area contributed by atoms with Gasteiger partial charge in [-0.05, 0) is 73.9 Å². The molecule has 2 unspecified atom stereocenters. The number of ether oxygens (including phenoxy) is 1. The molecule has 0 radical (unpaired) electrons. The van der Waals surface area contributed by atoms with Gasteiger partial charge in [-0.3, -0.25) is 9.59 Å². The molecule has 2 saturated carbocycles. The van der Waals surface area contributed by atoms with E-state index in [0.717, 1.165) is 41.8 Å². The summed E-state index contributed by atoms with van der Waals surface area (Å²) in [6, 6.07) is 19.8. The Balaban J connectivity index is 1.11. The number of fused-ring (bicyclic) bond motifs is 4. The molecule has 3 atom stereocenters. The van der Waals surface area contributed by atoms with Crippen LogP contribution in [0.4, 0.5) is 0 Å². The molecule has 0 spiro atoms. The first-order valence-corrected chi connectivity index (χ1v) is 17.3. The van der Waals surface area contributed by atoms with E-state index in [4.69, 9.17) is 15.5 Å². The zero-order chi connectivity index (χ0) is 33.4. The predicted octanol–water partition coefficient (Wildman–Crippen LogP) is 4.68. The summed E-state index contributed by atoms with van der Waals surface area (Å²) in [5, 5.41) is 10.4. The molecule has 2 bridgehead atoms. The van der Waals surface area contributed by atoms with Crippen LogP contribution in [-0.4, -0.2) is 79.5 Å². The number of para-hydroxylation sites is 1. The number of amides is 2. The van der Waals surface area contributed by atoms with Crippen LogP contribution in [0.1, 0.15) is 52.1 Å². The van der Waals surface area contributed by atoms with Crippen LogP contribution in [0.3, 0.4) is 0 Å². The molecule has 11 nitrogen and oxygen atoms in total. The first kappa shape index (κ1) is 29.9. The van der Waals surface area contributed by atoms with Gasteiger partial charge >= 0.3 is 0 Å². The summed E-state index contributed by atoms with van der Waals surface area (Å²) in [5.74, 6) is 2.48. The lowest BCUT2D eigenvalue weighted by Crippen LogP contribution is -2.51. The number of hydrogen-bond acceptors (Lipinski definition) is 7. The van der Waals surface area contributed by atoms with Crippen LogP contribution in [-0.2, 0) is 13.1 Å². The number of nitrogens with two attached hydrogens (primary N) is 1. The molecule has 2 amide bonds. The standard InChI is InChI=1S/C38H38N8O3/c1-49-33-15-27(38(48)45-21-26-8-9-31(45)34(26)40)13-29-35(33)46(20-23-17-43(18-23)37(47)25-10-11-41-28(12-25)16-39)36(42-29)32-14-24-4-2-3-5-30(24)44(32)19-22-6-7-22/h2-5,10-15,22-23,26,31,34H,6-9,17-21,40H2,1H3/t26?,31?,34-/m0/s1. The average molecular weight is 655 g/mol. The molecule has 49 heavy (non-hydrogen) atoms. The van der Waals surface area contributed by atoms with Crippen molar-refractivity contribution >= 4 is 33.8 Å². The SMILES string of the molecule is COc1cc(C(=O)N2CC3CCC2[C@H]3N)cc2nc(-c3cc4ccccc4n3CC3CC3)n(CC3CN(C(=O)c4ccnc(C#N)c4)C3)c12. The van der Waals surface area contributed by atoms with Gasteiger partial charge in [0.05, 0.1) is 18.3 Å². The van der Waals surface area contributed by atoms with Crippen molar-refractivity contribution in [2.24, 2.45) is 23.5 Å². The third-order valence-electron chi connectivity index (χ3n) is 11.2. The van der Waals surface area contributed by atoms with Gasteiger partial charge in [0.15, 0.2) is 5.82 Å². The summed E-state index contributed by atoms with van der Waals surface area (Å²) in [4.78, 5) is 40.3. The van der Waals surface area contributed by atoms with E-state index in [2.05, 4.69) is 44.5 Å².